The molecule has 0 atom stereocenters. The molecule has 1 heterocycles. The van der Waals surface area contributed by atoms with Crippen LogP contribution in [0.5, 0.6) is 5.75 Å². The number of hydrogen-bond acceptors (Lipinski definition) is 2. The van der Waals surface area contributed by atoms with Crippen molar-refractivity contribution >= 4 is 44.2 Å². The smallest absolute Gasteiger partial charge is 0.152 e. The van der Waals surface area contributed by atoms with Crippen molar-refractivity contribution in [2.24, 2.45) is 4.99 Å². The molecule has 0 spiro atoms. The Labute approximate surface area is 345 Å². The van der Waals surface area contributed by atoms with Crippen LogP contribution in [0.4, 0.5) is 0 Å². The van der Waals surface area contributed by atoms with E-state index in [2.05, 4.69) is 166 Å². The van der Waals surface area contributed by atoms with Crippen molar-refractivity contribution in [2.75, 3.05) is 6.61 Å². The fourth-order valence-corrected chi connectivity index (χ4v) is 9.16. The van der Waals surface area contributed by atoms with Crippen molar-refractivity contribution in [2.45, 2.75) is 19.3 Å². The summed E-state index contributed by atoms with van der Waals surface area (Å²) in [6.07, 6.45) is 5.94. The van der Waals surface area contributed by atoms with Crippen molar-refractivity contribution in [3.05, 3.63) is 234 Å². The first kappa shape index (κ1) is 36.0. The molecule has 0 aromatic heterocycles. The highest BCUT2D eigenvalue weighted by Crippen LogP contribution is 2.50. The van der Waals surface area contributed by atoms with Crippen molar-refractivity contribution in [1.29, 1.82) is 5.41 Å². The van der Waals surface area contributed by atoms with Gasteiger partial charge in [-0.1, -0.05) is 190 Å². The fraction of sp³-hybridized carbons (Fsp3) is 0.0714. The first-order chi connectivity index (χ1) is 28.9. The molecule has 0 amide bonds. The number of nitrogens with one attached hydrogen (secondary N) is 1. The normalized spacial score (nSPS) is 14.8. The number of fused-ring (bicyclic) bond motifs is 7. The Bertz CT molecular complexity index is 3090. The van der Waals surface area contributed by atoms with E-state index in [1.54, 1.807) is 0 Å². The highest BCUT2D eigenvalue weighted by molar-refractivity contribution is 6.21. The van der Waals surface area contributed by atoms with E-state index in [1.807, 2.05) is 42.5 Å². The van der Waals surface area contributed by atoms with Gasteiger partial charge in [0.1, 0.15) is 12.4 Å². The zero-order valence-electron chi connectivity index (χ0n) is 33.2. The fourth-order valence-electron chi connectivity index (χ4n) is 9.16. The van der Waals surface area contributed by atoms with Crippen LogP contribution in [0.15, 0.2) is 200 Å². The van der Waals surface area contributed by atoms with E-state index in [9.17, 15) is 5.41 Å². The van der Waals surface area contributed by atoms with Gasteiger partial charge in [-0.25, -0.2) is 4.99 Å². The van der Waals surface area contributed by atoms with Gasteiger partial charge in [0.05, 0.1) is 5.71 Å². The number of allylic oxidation sites excluding steroid dienone is 4. The molecule has 282 valence electrons. The molecule has 0 bridgehead atoms. The molecule has 0 radical (unpaired) electrons. The highest BCUT2D eigenvalue weighted by atomic mass is 16.5. The van der Waals surface area contributed by atoms with E-state index >= 15 is 0 Å². The summed E-state index contributed by atoms with van der Waals surface area (Å²) in [7, 11) is 0. The van der Waals surface area contributed by atoms with Crippen LogP contribution in [0.2, 0.25) is 0 Å². The summed E-state index contributed by atoms with van der Waals surface area (Å²) in [5.41, 5.74) is 15.0. The minimum atomic E-state index is -0.249. The molecule has 0 fully saturated rings. The van der Waals surface area contributed by atoms with Crippen molar-refractivity contribution in [3.8, 4) is 28.0 Å². The Hall–Kier alpha value is -7.36. The zero-order chi connectivity index (χ0) is 40.1. The van der Waals surface area contributed by atoms with Gasteiger partial charge in [-0.15, -0.1) is 0 Å². The summed E-state index contributed by atoms with van der Waals surface area (Å²) < 4.78 is 6.34. The first-order valence-electron chi connectivity index (χ1n) is 20.2. The second-order valence-corrected chi connectivity index (χ2v) is 15.9. The van der Waals surface area contributed by atoms with Gasteiger partial charge in [-0.2, -0.15) is 0 Å². The van der Waals surface area contributed by atoms with Gasteiger partial charge in [0.15, 0.2) is 5.84 Å². The summed E-state index contributed by atoms with van der Waals surface area (Å²) in [4.78, 5) is 5.14. The lowest BCUT2D eigenvalue weighted by Gasteiger charge is -2.25. The zero-order valence-corrected chi connectivity index (χ0v) is 33.2. The standard InChI is InChI=1S/C56H42N2O/c1-4-5-17-44(50-35-59-52-32-30-41(34-49(50)52)40-29-31-45-42(33-40)28-25-36-14-9-10-18-43(36)45)37-23-26-38(27-24-37)54(58-55(57)39-15-7-6-8-16-39)48-21-13-20-47-46-19-11-12-22-51(46)56(2,3)53(47)48/h4-34,57H,1,35H2,2-3H3/b17-5-,50-44-,57-55?,58-54?. The molecule has 3 heteroatoms. The molecule has 2 aliphatic rings. The Morgan fingerprint density at radius 2 is 1.32 bits per heavy atom. The molecule has 10 rings (SSSR count). The van der Waals surface area contributed by atoms with Gasteiger partial charge in [0, 0.05) is 33.2 Å². The quantitative estimate of drug-likeness (QED) is 0.0748. The van der Waals surface area contributed by atoms with Crippen LogP contribution in [0.25, 0.3) is 54.9 Å². The van der Waals surface area contributed by atoms with E-state index in [-0.39, 0.29) is 11.3 Å². The molecule has 0 saturated carbocycles. The topological polar surface area (TPSA) is 45.4 Å². The first-order valence-corrected chi connectivity index (χ1v) is 20.2. The predicted molar refractivity (Wildman–Crippen MR) is 248 cm³/mol. The second kappa shape index (κ2) is 14.5. The van der Waals surface area contributed by atoms with Crippen LogP contribution < -0.4 is 4.74 Å². The van der Waals surface area contributed by atoms with Crippen molar-refractivity contribution < 1.29 is 4.74 Å². The average molecular weight is 759 g/mol. The van der Waals surface area contributed by atoms with Gasteiger partial charge in [-0.05, 0) is 84.3 Å². The van der Waals surface area contributed by atoms with Crippen LogP contribution in [0.1, 0.15) is 52.8 Å². The van der Waals surface area contributed by atoms with E-state index in [1.165, 1.54) is 49.4 Å². The Kier molecular flexibility index (Phi) is 8.87. The molecule has 1 aliphatic heterocycles. The Morgan fingerprint density at radius 3 is 2.17 bits per heavy atom. The minimum absolute atomic E-state index is 0.225. The molecular formula is C56H42N2O. The monoisotopic (exact) mass is 758 g/mol. The van der Waals surface area contributed by atoms with Crippen LogP contribution in [0, 0.1) is 5.41 Å². The SMILES string of the molecule is C=C/C=C\C(=C1/COc2ccc(-c3ccc4c(ccc5ccccc54)c3)cc21)c1ccc(C(=NC(=N)c2ccccc2)c2cccc3c2C(C)(C)c2ccccc2-3)cc1. The minimum Gasteiger partial charge on any atom is -0.488 e. The van der Waals surface area contributed by atoms with E-state index in [0.29, 0.717) is 6.61 Å². The Balaban J connectivity index is 1.07. The van der Waals surface area contributed by atoms with E-state index < -0.39 is 0 Å². The number of rotatable bonds is 7. The van der Waals surface area contributed by atoms with Gasteiger partial charge >= 0.3 is 0 Å². The Morgan fingerprint density at radius 1 is 0.627 bits per heavy atom. The number of aliphatic imine (C=N–C) groups is 1. The molecular weight excluding hydrogens is 717 g/mol. The third-order valence-electron chi connectivity index (χ3n) is 12.1. The summed E-state index contributed by atoms with van der Waals surface area (Å²) in [6, 6.07) is 59.9. The largest absolute Gasteiger partial charge is 0.488 e. The lowest BCUT2D eigenvalue weighted by atomic mass is 9.78. The molecule has 0 saturated heterocycles. The third-order valence-corrected chi connectivity index (χ3v) is 12.1. The lowest BCUT2D eigenvalue weighted by Crippen LogP contribution is -2.20. The van der Waals surface area contributed by atoms with Gasteiger partial charge < -0.3 is 4.74 Å². The third kappa shape index (κ3) is 6.23. The highest BCUT2D eigenvalue weighted by Gasteiger charge is 2.38. The summed E-state index contributed by atoms with van der Waals surface area (Å²) in [6.45, 7) is 9.05. The average Bonchev–Trinajstić information content (AvgIpc) is 3.81. The van der Waals surface area contributed by atoms with E-state index in [0.717, 1.165) is 56.0 Å². The number of benzene rings is 8. The number of amidine groups is 1. The lowest BCUT2D eigenvalue weighted by molar-refractivity contribution is 0.388. The van der Waals surface area contributed by atoms with Gasteiger partial charge in [0.2, 0.25) is 0 Å². The number of ether oxygens (including phenoxy) is 1. The predicted octanol–water partition coefficient (Wildman–Crippen LogP) is 13.9. The molecule has 59 heavy (non-hydrogen) atoms. The van der Waals surface area contributed by atoms with Crippen molar-refractivity contribution in [1.82, 2.24) is 0 Å². The van der Waals surface area contributed by atoms with Crippen LogP contribution in [0.3, 0.4) is 0 Å². The van der Waals surface area contributed by atoms with Gasteiger partial charge in [-0.3, -0.25) is 5.41 Å². The number of hydrogen-bond donors (Lipinski definition) is 1. The number of nitrogens with zero attached hydrogens (tertiary/aromatic N) is 1. The maximum Gasteiger partial charge on any atom is 0.152 e. The maximum atomic E-state index is 9.18. The maximum absolute atomic E-state index is 9.18. The summed E-state index contributed by atoms with van der Waals surface area (Å²) in [5, 5.41) is 14.2. The summed E-state index contributed by atoms with van der Waals surface area (Å²) in [5.74, 6) is 1.11. The van der Waals surface area contributed by atoms with Crippen molar-refractivity contribution in [3.63, 3.8) is 0 Å². The molecule has 0 unspecified atom stereocenters. The summed E-state index contributed by atoms with van der Waals surface area (Å²) >= 11 is 0. The molecule has 1 aliphatic carbocycles. The van der Waals surface area contributed by atoms with Crippen LogP contribution in [-0.2, 0) is 5.41 Å². The van der Waals surface area contributed by atoms with Gasteiger partial charge in [0.25, 0.3) is 0 Å². The molecule has 8 aromatic carbocycles. The molecule has 1 N–H and O–H groups in total. The second-order valence-electron chi connectivity index (χ2n) is 15.9. The van der Waals surface area contributed by atoms with E-state index in [4.69, 9.17) is 9.73 Å². The molecule has 8 aromatic rings. The van der Waals surface area contributed by atoms with Crippen LogP contribution in [-0.4, -0.2) is 18.2 Å². The molecule has 3 nitrogen and oxygen atoms in total. The van der Waals surface area contributed by atoms with Crippen LogP contribution >= 0.6 is 0 Å².